The van der Waals surface area contributed by atoms with Crippen molar-refractivity contribution in [2.75, 3.05) is 18.0 Å². The van der Waals surface area contributed by atoms with Gasteiger partial charge in [-0.3, -0.25) is 4.79 Å². The van der Waals surface area contributed by atoms with E-state index < -0.39 is 0 Å². The van der Waals surface area contributed by atoms with Crippen LogP contribution in [0, 0.1) is 0 Å². The lowest BCUT2D eigenvalue weighted by Crippen LogP contribution is -2.21. The lowest BCUT2D eigenvalue weighted by atomic mass is 10.2. The van der Waals surface area contributed by atoms with Crippen LogP contribution in [0.15, 0.2) is 51.7 Å². The van der Waals surface area contributed by atoms with Crippen molar-refractivity contribution in [2.45, 2.75) is 13.8 Å². The van der Waals surface area contributed by atoms with Gasteiger partial charge in [-0.15, -0.1) is 11.3 Å². The molecule has 4 nitrogen and oxygen atoms in total. The zero-order chi connectivity index (χ0) is 16.9. The molecule has 1 N–H and O–H groups in total. The minimum absolute atomic E-state index is 0.0908. The lowest BCUT2D eigenvalue weighted by Gasteiger charge is -2.20. The second-order valence-electron chi connectivity index (χ2n) is 5.19. The van der Waals surface area contributed by atoms with Crippen LogP contribution >= 0.6 is 23.1 Å². The monoisotopic (exact) mass is 357 g/mol. The van der Waals surface area contributed by atoms with E-state index in [1.807, 2.05) is 35.7 Å². The van der Waals surface area contributed by atoms with Crippen molar-refractivity contribution >= 4 is 51.6 Å². The third-order valence-corrected chi connectivity index (χ3v) is 5.41. The van der Waals surface area contributed by atoms with Crippen LogP contribution in [-0.4, -0.2) is 24.2 Å². The SMILES string of the molecule is CCN(CC)c1ccc(N=C2NC(=O)C(=Cc3cccs3)S2)cc1. The third-order valence-electron chi connectivity index (χ3n) is 3.68. The van der Waals surface area contributed by atoms with Crippen LogP contribution in [0.4, 0.5) is 11.4 Å². The highest BCUT2D eigenvalue weighted by atomic mass is 32.2. The zero-order valence-corrected chi connectivity index (χ0v) is 15.3. The van der Waals surface area contributed by atoms with Crippen molar-refractivity contribution in [3.63, 3.8) is 0 Å². The van der Waals surface area contributed by atoms with Crippen LogP contribution < -0.4 is 10.2 Å². The van der Waals surface area contributed by atoms with Gasteiger partial charge >= 0.3 is 0 Å². The predicted octanol–water partition coefficient (Wildman–Crippen LogP) is 4.49. The van der Waals surface area contributed by atoms with Crippen molar-refractivity contribution in [1.82, 2.24) is 5.32 Å². The number of rotatable bonds is 5. The molecule has 1 amide bonds. The Morgan fingerprint density at radius 3 is 2.54 bits per heavy atom. The van der Waals surface area contributed by atoms with Gasteiger partial charge in [-0.25, -0.2) is 4.99 Å². The molecule has 0 saturated carbocycles. The van der Waals surface area contributed by atoms with Gasteiger partial charge < -0.3 is 10.2 Å². The molecule has 1 aromatic carbocycles. The van der Waals surface area contributed by atoms with Crippen molar-refractivity contribution in [1.29, 1.82) is 0 Å². The van der Waals surface area contributed by atoms with Crippen molar-refractivity contribution < 1.29 is 4.79 Å². The molecule has 0 aliphatic carbocycles. The van der Waals surface area contributed by atoms with E-state index in [1.54, 1.807) is 11.3 Å². The van der Waals surface area contributed by atoms with Gasteiger partial charge in [0, 0.05) is 23.7 Å². The van der Waals surface area contributed by atoms with Crippen LogP contribution in [0.1, 0.15) is 18.7 Å². The Kier molecular flexibility index (Phi) is 5.37. The fourth-order valence-corrected chi connectivity index (χ4v) is 3.99. The van der Waals surface area contributed by atoms with Gasteiger partial charge in [0.05, 0.1) is 10.6 Å². The van der Waals surface area contributed by atoms with Crippen LogP contribution in [-0.2, 0) is 4.79 Å². The minimum atomic E-state index is -0.0908. The maximum absolute atomic E-state index is 12.0. The molecule has 1 aliphatic rings. The lowest BCUT2D eigenvalue weighted by molar-refractivity contribution is -0.115. The Morgan fingerprint density at radius 2 is 1.92 bits per heavy atom. The molecule has 124 valence electrons. The largest absolute Gasteiger partial charge is 0.372 e. The number of nitrogens with zero attached hydrogens (tertiary/aromatic N) is 2. The summed E-state index contributed by atoms with van der Waals surface area (Å²) in [5.41, 5.74) is 2.02. The molecule has 3 rings (SSSR count). The highest BCUT2D eigenvalue weighted by Gasteiger charge is 2.23. The molecule has 1 saturated heterocycles. The van der Waals surface area contributed by atoms with Crippen molar-refractivity contribution in [2.24, 2.45) is 4.99 Å². The summed E-state index contributed by atoms with van der Waals surface area (Å²) in [5, 5.41) is 5.44. The average Bonchev–Trinajstić information content (AvgIpc) is 3.21. The Bertz CT molecular complexity index is 760. The summed E-state index contributed by atoms with van der Waals surface area (Å²) in [4.78, 5) is 20.6. The smallest absolute Gasteiger partial charge is 0.264 e. The molecule has 6 heteroatoms. The number of nitrogens with one attached hydrogen (secondary N) is 1. The van der Waals surface area contributed by atoms with E-state index in [-0.39, 0.29) is 5.91 Å². The number of aliphatic imine (C=N–C) groups is 1. The molecule has 24 heavy (non-hydrogen) atoms. The summed E-state index contributed by atoms with van der Waals surface area (Å²) < 4.78 is 0. The average molecular weight is 358 g/mol. The molecule has 1 aliphatic heterocycles. The number of thiophene rings is 1. The maximum Gasteiger partial charge on any atom is 0.264 e. The topological polar surface area (TPSA) is 44.7 Å². The van der Waals surface area contributed by atoms with Gasteiger partial charge in [0.25, 0.3) is 5.91 Å². The summed E-state index contributed by atoms with van der Waals surface area (Å²) in [6, 6.07) is 12.1. The number of benzene rings is 1. The maximum atomic E-state index is 12.0. The fraction of sp³-hybridized carbons (Fsp3) is 0.222. The first-order valence-corrected chi connectivity index (χ1v) is 9.57. The molecule has 1 aromatic heterocycles. The summed E-state index contributed by atoms with van der Waals surface area (Å²) in [7, 11) is 0. The first-order chi connectivity index (χ1) is 11.7. The predicted molar refractivity (Wildman–Crippen MR) is 105 cm³/mol. The van der Waals surface area contributed by atoms with E-state index >= 15 is 0 Å². The second kappa shape index (κ2) is 7.68. The van der Waals surface area contributed by atoms with E-state index in [9.17, 15) is 4.79 Å². The molecule has 1 fully saturated rings. The van der Waals surface area contributed by atoms with Gasteiger partial charge in [0.2, 0.25) is 0 Å². The first-order valence-electron chi connectivity index (χ1n) is 7.87. The fourth-order valence-electron chi connectivity index (χ4n) is 2.43. The van der Waals surface area contributed by atoms with E-state index in [2.05, 4.69) is 41.2 Å². The third kappa shape index (κ3) is 3.88. The van der Waals surface area contributed by atoms with Gasteiger partial charge in [-0.2, -0.15) is 0 Å². The second-order valence-corrected chi connectivity index (χ2v) is 7.20. The zero-order valence-electron chi connectivity index (χ0n) is 13.7. The molecular weight excluding hydrogens is 338 g/mol. The number of amidine groups is 1. The van der Waals surface area contributed by atoms with Gasteiger partial charge in [0.1, 0.15) is 0 Å². The van der Waals surface area contributed by atoms with Crippen LogP contribution in [0.3, 0.4) is 0 Å². The van der Waals surface area contributed by atoms with E-state index in [4.69, 9.17) is 0 Å². The quantitative estimate of drug-likeness (QED) is 0.802. The van der Waals surface area contributed by atoms with Crippen LogP contribution in [0.2, 0.25) is 0 Å². The first kappa shape index (κ1) is 16.8. The number of hydrogen-bond donors (Lipinski definition) is 1. The number of hydrogen-bond acceptors (Lipinski definition) is 5. The van der Waals surface area contributed by atoms with E-state index in [0.29, 0.717) is 10.1 Å². The summed E-state index contributed by atoms with van der Waals surface area (Å²) >= 11 is 2.99. The summed E-state index contributed by atoms with van der Waals surface area (Å²) in [6.45, 7) is 6.24. The summed E-state index contributed by atoms with van der Waals surface area (Å²) in [6.07, 6.45) is 1.90. The number of carbonyl (C=O) groups is 1. The Morgan fingerprint density at radius 1 is 1.17 bits per heavy atom. The van der Waals surface area contributed by atoms with Crippen LogP contribution in [0.25, 0.3) is 6.08 Å². The molecular formula is C18H19N3OS2. The Hall–Kier alpha value is -2.05. The highest BCUT2D eigenvalue weighted by molar-refractivity contribution is 8.18. The van der Waals surface area contributed by atoms with Crippen LogP contribution in [0.5, 0.6) is 0 Å². The molecule has 0 spiro atoms. The van der Waals surface area contributed by atoms with Crippen molar-refractivity contribution in [3.8, 4) is 0 Å². The van der Waals surface area contributed by atoms with Gasteiger partial charge in [-0.05, 0) is 67.4 Å². The highest BCUT2D eigenvalue weighted by Crippen LogP contribution is 2.29. The number of amides is 1. The molecule has 2 aromatic rings. The molecule has 0 atom stereocenters. The standard InChI is InChI=1S/C18H19N3OS2/c1-3-21(4-2)14-9-7-13(8-10-14)19-18-20-17(22)16(24-18)12-15-6-5-11-23-15/h5-12H,3-4H2,1-2H3,(H,19,20,22). The van der Waals surface area contributed by atoms with Crippen molar-refractivity contribution in [3.05, 3.63) is 51.6 Å². The van der Waals surface area contributed by atoms with E-state index in [0.717, 1.165) is 23.7 Å². The summed E-state index contributed by atoms with van der Waals surface area (Å²) in [5.74, 6) is -0.0908. The minimum Gasteiger partial charge on any atom is -0.372 e. The Balaban J connectivity index is 1.74. The molecule has 0 unspecified atom stereocenters. The number of thioether (sulfide) groups is 1. The number of carbonyl (C=O) groups excluding carboxylic acids is 1. The molecule has 0 radical (unpaired) electrons. The Labute approximate surface area is 150 Å². The van der Waals surface area contributed by atoms with E-state index in [1.165, 1.54) is 17.4 Å². The molecule has 0 bridgehead atoms. The number of anilines is 1. The molecule has 2 heterocycles. The van der Waals surface area contributed by atoms with Gasteiger partial charge in [0.15, 0.2) is 5.17 Å². The van der Waals surface area contributed by atoms with Gasteiger partial charge in [-0.1, -0.05) is 6.07 Å². The normalized spacial score (nSPS) is 17.5.